The van der Waals surface area contributed by atoms with Crippen molar-refractivity contribution in [3.63, 3.8) is 0 Å². The molecule has 1 atom stereocenters. The monoisotopic (exact) mass is 319 g/mol. The van der Waals surface area contributed by atoms with Gasteiger partial charge in [0.25, 0.3) is 5.91 Å². The van der Waals surface area contributed by atoms with Crippen molar-refractivity contribution in [3.05, 3.63) is 33.8 Å². The molecule has 2 N–H and O–H groups in total. The molecule has 6 nitrogen and oxygen atoms in total. The number of carboxylic acids is 1. The van der Waals surface area contributed by atoms with Gasteiger partial charge in [0.2, 0.25) is 0 Å². The second-order valence-corrected chi connectivity index (χ2v) is 4.59. The molecule has 0 heterocycles. The van der Waals surface area contributed by atoms with Crippen LogP contribution >= 0.6 is 23.2 Å². The summed E-state index contributed by atoms with van der Waals surface area (Å²) in [7, 11) is 1.13. The summed E-state index contributed by atoms with van der Waals surface area (Å²) in [5.41, 5.74) is 0.135. The van der Waals surface area contributed by atoms with Crippen molar-refractivity contribution >= 4 is 41.0 Å². The average molecular weight is 320 g/mol. The highest BCUT2D eigenvalue weighted by atomic mass is 35.5. The maximum absolute atomic E-state index is 11.9. The Morgan fingerprint density at radius 3 is 2.45 bits per heavy atom. The van der Waals surface area contributed by atoms with Crippen molar-refractivity contribution in [1.29, 1.82) is 0 Å². The highest BCUT2D eigenvalue weighted by Crippen LogP contribution is 2.22. The molecule has 0 bridgehead atoms. The third-order valence-corrected chi connectivity index (χ3v) is 3.12. The molecule has 0 fully saturated rings. The summed E-state index contributed by atoms with van der Waals surface area (Å²) < 4.78 is 4.36. The molecule has 0 aromatic heterocycles. The van der Waals surface area contributed by atoms with Gasteiger partial charge in [0.1, 0.15) is 6.04 Å². The second-order valence-electron chi connectivity index (χ2n) is 3.77. The third kappa shape index (κ3) is 4.40. The van der Waals surface area contributed by atoms with Gasteiger partial charge in [-0.2, -0.15) is 0 Å². The summed E-state index contributed by atoms with van der Waals surface area (Å²) in [6.07, 6.45) is -0.473. The first-order valence-electron chi connectivity index (χ1n) is 5.40. The number of benzene rings is 1. The third-order valence-electron chi connectivity index (χ3n) is 2.38. The smallest absolute Gasteiger partial charge is 0.326 e. The van der Waals surface area contributed by atoms with Gasteiger partial charge in [-0.05, 0) is 18.2 Å². The number of carbonyl (C=O) groups excluding carboxylic acids is 2. The molecule has 1 rings (SSSR count). The molecule has 0 aliphatic carbocycles. The van der Waals surface area contributed by atoms with E-state index in [1.165, 1.54) is 18.2 Å². The quantitative estimate of drug-likeness (QED) is 0.806. The lowest BCUT2D eigenvalue weighted by molar-refractivity contribution is -0.147. The van der Waals surface area contributed by atoms with E-state index >= 15 is 0 Å². The topological polar surface area (TPSA) is 92.7 Å². The van der Waals surface area contributed by atoms with Gasteiger partial charge < -0.3 is 15.2 Å². The fourth-order valence-electron chi connectivity index (χ4n) is 1.33. The normalized spacial score (nSPS) is 11.6. The summed E-state index contributed by atoms with van der Waals surface area (Å²) in [4.78, 5) is 33.9. The van der Waals surface area contributed by atoms with E-state index < -0.39 is 30.3 Å². The van der Waals surface area contributed by atoms with Crippen molar-refractivity contribution in [2.45, 2.75) is 12.5 Å². The first-order valence-corrected chi connectivity index (χ1v) is 6.16. The van der Waals surface area contributed by atoms with E-state index in [9.17, 15) is 14.4 Å². The molecule has 108 valence electrons. The molecule has 1 aromatic carbocycles. The van der Waals surface area contributed by atoms with Crippen LogP contribution in [0.5, 0.6) is 0 Å². The fraction of sp³-hybridized carbons (Fsp3) is 0.250. The summed E-state index contributed by atoms with van der Waals surface area (Å²) in [5.74, 6) is -2.77. The molecule has 1 amide bonds. The van der Waals surface area contributed by atoms with E-state index in [1.807, 2.05) is 0 Å². The Morgan fingerprint density at radius 1 is 1.30 bits per heavy atom. The Kier molecular flexibility index (Phi) is 5.79. The van der Waals surface area contributed by atoms with Gasteiger partial charge in [0.15, 0.2) is 0 Å². The molecule has 20 heavy (non-hydrogen) atoms. The lowest BCUT2D eigenvalue weighted by Crippen LogP contribution is -2.42. The molecular formula is C12H11Cl2NO5. The molecule has 8 heteroatoms. The van der Waals surface area contributed by atoms with E-state index in [1.54, 1.807) is 0 Å². The number of carboxylic acid groups (broad SMARTS) is 1. The van der Waals surface area contributed by atoms with E-state index in [-0.39, 0.29) is 15.6 Å². The van der Waals surface area contributed by atoms with E-state index in [4.69, 9.17) is 28.3 Å². The molecule has 1 aromatic rings. The van der Waals surface area contributed by atoms with Gasteiger partial charge in [0.05, 0.1) is 23.6 Å². The van der Waals surface area contributed by atoms with Crippen LogP contribution in [-0.2, 0) is 14.3 Å². The van der Waals surface area contributed by atoms with Crippen LogP contribution in [0.15, 0.2) is 18.2 Å². The van der Waals surface area contributed by atoms with Crippen LogP contribution in [-0.4, -0.2) is 36.1 Å². The number of methoxy groups -OCH3 is 1. The molecule has 0 saturated carbocycles. The molecule has 0 radical (unpaired) electrons. The minimum absolute atomic E-state index is 0.135. The number of hydrogen-bond acceptors (Lipinski definition) is 4. The Hall–Kier alpha value is -1.79. The van der Waals surface area contributed by atoms with Gasteiger partial charge >= 0.3 is 11.9 Å². The number of hydrogen-bond donors (Lipinski definition) is 2. The van der Waals surface area contributed by atoms with Crippen LogP contribution in [0.3, 0.4) is 0 Å². The van der Waals surface area contributed by atoms with Crippen LogP contribution in [0.2, 0.25) is 10.0 Å². The fourth-order valence-corrected chi connectivity index (χ4v) is 1.63. The molecule has 0 aliphatic rings. The number of ether oxygens (including phenoxy) is 1. The zero-order valence-electron chi connectivity index (χ0n) is 10.4. The number of nitrogens with one attached hydrogen (secondary N) is 1. The molecule has 0 spiro atoms. The van der Waals surface area contributed by atoms with E-state index in [0.717, 1.165) is 7.11 Å². The van der Waals surface area contributed by atoms with E-state index in [2.05, 4.69) is 10.1 Å². The minimum atomic E-state index is -1.38. The second kappa shape index (κ2) is 7.12. The summed E-state index contributed by atoms with van der Waals surface area (Å²) in [6, 6.07) is 2.72. The Morgan fingerprint density at radius 2 is 1.95 bits per heavy atom. The SMILES string of the molecule is COC(=O)C[C@H](NC(=O)c1ccc(Cl)c(Cl)c1)C(=O)O. The zero-order valence-corrected chi connectivity index (χ0v) is 11.9. The van der Waals surface area contributed by atoms with Crippen molar-refractivity contribution in [2.24, 2.45) is 0 Å². The highest BCUT2D eigenvalue weighted by Gasteiger charge is 2.24. The van der Waals surface area contributed by atoms with Crippen molar-refractivity contribution in [3.8, 4) is 0 Å². The van der Waals surface area contributed by atoms with Crippen LogP contribution in [0.4, 0.5) is 0 Å². The Balaban J connectivity index is 2.82. The standard InChI is InChI=1S/C12H11Cl2NO5/c1-20-10(16)5-9(12(18)19)15-11(17)6-2-3-7(13)8(14)4-6/h2-4,9H,5H2,1H3,(H,15,17)(H,18,19)/t9-/m0/s1. The maximum atomic E-state index is 11.9. The highest BCUT2D eigenvalue weighted by molar-refractivity contribution is 6.42. The number of aliphatic carboxylic acids is 1. The Bertz CT molecular complexity index is 547. The molecule has 0 saturated heterocycles. The van der Waals surface area contributed by atoms with Gasteiger partial charge in [-0.25, -0.2) is 4.79 Å². The lowest BCUT2D eigenvalue weighted by atomic mass is 10.1. The number of halogens is 2. The summed E-state index contributed by atoms with van der Waals surface area (Å²) in [6.45, 7) is 0. The van der Waals surface area contributed by atoms with Crippen molar-refractivity contribution < 1.29 is 24.2 Å². The van der Waals surface area contributed by atoms with E-state index in [0.29, 0.717) is 0 Å². The first-order chi connectivity index (χ1) is 9.35. The van der Waals surface area contributed by atoms with Crippen LogP contribution in [0.1, 0.15) is 16.8 Å². The maximum Gasteiger partial charge on any atom is 0.326 e. The molecule has 0 unspecified atom stereocenters. The van der Waals surface area contributed by atoms with Gasteiger partial charge in [-0.3, -0.25) is 9.59 Å². The van der Waals surface area contributed by atoms with Crippen molar-refractivity contribution in [2.75, 3.05) is 7.11 Å². The number of rotatable bonds is 5. The summed E-state index contributed by atoms with van der Waals surface area (Å²) in [5, 5.41) is 11.6. The zero-order chi connectivity index (χ0) is 15.3. The number of amides is 1. The largest absolute Gasteiger partial charge is 0.480 e. The van der Waals surface area contributed by atoms with Gasteiger partial charge in [0, 0.05) is 5.56 Å². The lowest BCUT2D eigenvalue weighted by Gasteiger charge is -2.13. The average Bonchev–Trinajstić information content (AvgIpc) is 2.40. The minimum Gasteiger partial charge on any atom is -0.480 e. The van der Waals surface area contributed by atoms with Gasteiger partial charge in [-0.15, -0.1) is 0 Å². The van der Waals surface area contributed by atoms with Crippen molar-refractivity contribution in [1.82, 2.24) is 5.32 Å². The van der Waals surface area contributed by atoms with Crippen LogP contribution in [0, 0.1) is 0 Å². The first kappa shape index (κ1) is 16.3. The summed E-state index contributed by atoms with van der Waals surface area (Å²) >= 11 is 11.5. The Labute approximate surface area is 124 Å². The van der Waals surface area contributed by atoms with Crippen LogP contribution < -0.4 is 5.32 Å². The van der Waals surface area contributed by atoms with Crippen LogP contribution in [0.25, 0.3) is 0 Å². The molecule has 0 aliphatic heterocycles. The number of carbonyl (C=O) groups is 3. The van der Waals surface area contributed by atoms with Gasteiger partial charge in [-0.1, -0.05) is 23.2 Å². The number of esters is 1. The molecular weight excluding hydrogens is 309 g/mol. The predicted molar refractivity (Wildman–Crippen MR) is 72.0 cm³/mol. The predicted octanol–water partition coefficient (Wildman–Crippen LogP) is 1.74.